The predicted octanol–water partition coefficient (Wildman–Crippen LogP) is 1.86. The molecule has 84 valence electrons. The van der Waals surface area contributed by atoms with Crippen LogP contribution in [0.3, 0.4) is 0 Å². The van der Waals surface area contributed by atoms with Crippen LogP contribution in [0, 0.1) is 5.92 Å². The third kappa shape index (κ3) is 2.59. The zero-order valence-corrected chi connectivity index (χ0v) is 9.93. The molecule has 0 aliphatic carbocycles. The van der Waals surface area contributed by atoms with Gasteiger partial charge in [-0.15, -0.1) is 0 Å². The van der Waals surface area contributed by atoms with Gasteiger partial charge in [0.05, 0.1) is 0 Å². The molecule has 1 aromatic rings. The average Bonchev–Trinajstić information content (AvgIpc) is 2.73. The Hall–Kier alpha value is -0.830. The normalized spacial score (nSPS) is 22.2. The average molecular weight is 207 g/mol. The lowest BCUT2D eigenvalue weighted by molar-refractivity contribution is 0.550. The predicted molar refractivity (Wildman–Crippen MR) is 62.0 cm³/mol. The molecule has 1 fully saturated rings. The Morgan fingerprint density at radius 2 is 2.27 bits per heavy atom. The first kappa shape index (κ1) is 10.7. The second kappa shape index (κ2) is 3.97. The van der Waals surface area contributed by atoms with E-state index in [4.69, 9.17) is 0 Å². The maximum atomic E-state index is 4.46. The van der Waals surface area contributed by atoms with Crippen LogP contribution < -0.4 is 5.32 Å². The number of nitrogens with zero attached hydrogens (tertiary/aromatic N) is 1. The van der Waals surface area contributed by atoms with Gasteiger partial charge in [-0.3, -0.25) is 0 Å². The van der Waals surface area contributed by atoms with E-state index in [0.717, 1.165) is 31.3 Å². The maximum absolute atomic E-state index is 4.46. The molecule has 1 aliphatic heterocycles. The summed E-state index contributed by atoms with van der Waals surface area (Å²) in [7, 11) is 0. The summed E-state index contributed by atoms with van der Waals surface area (Å²) in [6.07, 6.45) is 4.35. The summed E-state index contributed by atoms with van der Waals surface area (Å²) in [5.41, 5.74) is 1.42. The Balaban J connectivity index is 2.00. The molecule has 3 nitrogen and oxygen atoms in total. The number of hydrogen-bond donors (Lipinski definition) is 2. The van der Waals surface area contributed by atoms with Crippen LogP contribution in [0.15, 0.2) is 6.20 Å². The minimum Gasteiger partial charge on any atom is -0.345 e. The lowest BCUT2D eigenvalue weighted by Crippen LogP contribution is -2.13. The molecule has 0 saturated carbocycles. The van der Waals surface area contributed by atoms with Gasteiger partial charge in [0.1, 0.15) is 5.82 Å². The van der Waals surface area contributed by atoms with Gasteiger partial charge in [-0.05, 0) is 25.4 Å². The lowest BCUT2D eigenvalue weighted by Gasteiger charge is -2.15. The van der Waals surface area contributed by atoms with Gasteiger partial charge in [-0.2, -0.15) is 0 Å². The van der Waals surface area contributed by atoms with Gasteiger partial charge in [0.25, 0.3) is 0 Å². The summed E-state index contributed by atoms with van der Waals surface area (Å²) in [5.74, 6) is 1.91. The summed E-state index contributed by atoms with van der Waals surface area (Å²) in [4.78, 5) is 7.90. The first-order valence-corrected chi connectivity index (χ1v) is 5.81. The van der Waals surface area contributed by atoms with Crippen LogP contribution in [0.1, 0.15) is 38.7 Å². The molecule has 2 heterocycles. The van der Waals surface area contributed by atoms with Gasteiger partial charge in [0, 0.05) is 23.7 Å². The number of H-pyrrole nitrogens is 1. The summed E-state index contributed by atoms with van der Waals surface area (Å²) in [5, 5.41) is 3.39. The van der Waals surface area contributed by atoms with E-state index in [0.29, 0.717) is 0 Å². The minimum atomic E-state index is 0.180. The van der Waals surface area contributed by atoms with E-state index < -0.39 is 0 Å². The molecule has 0 radical (unpaired) electrons. The molecule has 0 spiro atoms. The standard InChI is InChI=1S/C12H21N3/c1-12(2,3)10-8-14-11(15-10)6-9-4-5-13-7-9/h8-9,13H,4-7H2,1-3H3,(H,14,15). The fourth-order valence-corrected chi connectivity index (χ4v) is 2.01. The molecule has 15 heavy (non-hydrogen) atoms. The van der Waals surface area contributed by atoms with Crippen LogP contribution >= 0.6 is 0 Å². The minimum absolute atomic E-state index is 0.180. The third-order valence-corrected chi connectivity index (χ3v) is 3.08. The van der Waals surface area contributed by atoms with E-state index in [2.05, 4.69) is 36.1 Å². The van der Waals surface area contributed by atoms with Gasteiger partial charge in [0.15, 0.2) is 0 Å². The lowest BCUT2D eigenvalue weighted by atomic mass is 9.93. The van der Waals surface area contributed by atoms with E-state index in [1.807, 2.05) is 6.20 Å². The van der Waals surface area contributed by atoms with Gasteiger partial charge in [-0.25, -0.2) is 4.98 Å². The van der Waals surface area contributed by atoms with Crippen LogP contribution in [0.4, 0.5) is 0 Å². The fraction of sp³-hybridized carbons (Fsp3) is 0.750. The highest BCUT2D eigenvalue weighted by atomic mass is 14.9. The van der Waals surface area contributed by atoms with E-state index in [1.165, 1.54) is 12.1 Å². The second-order valence-corrected chi connectivity index (χ2v) is 5.56. The van der Waals surface area contributed by atoms with Gasteiger partial charge in [-0.1, -0.05) is 20.8 Å². The van der Waals surface area contributed by atoms with Crippen LogP contribution in [0.2, 0.25) is 0 Å². The van der Waals surface area contributed by atoms with E-state index in [9.17, 15) is 0 Å². The Morgan fingerprint density at radius 1 is 1.47 bits per heavy atom. The molecule has 1 atom stereocenters. The summed E-state index contributed by atoms with van der Waals surface area (Å²) in [6.45, 7) is 8.94. The number of aromatic amines is 1. The highest BCUT2D eigenvalue weighted by Crippen LogP contribution is 2.21. The number of hydrogen-bond acceptors (Lipinski definition) is 2. The van der Waals surface area contributed by atoms with Crippen molar-refractivity contribution < 1.29 is 0 Å². The van der Waals surface area contributed by atoms with Crippen molar-refractivity contribution in [1.29, 1.82) is 0 Å². The highest BCUT2D eigenvalue weighted by molar-refractivity contribution is 5.11. The van der Waals surface area contributed by atoms with E-state index in [1.54, 1.807) is 0 Å². The van der Waals surface area contributed by atoms with Crippen molar-refractivity contribution in [2.45, 2.75) is 39.0 Å². The molecular formula is C12H21N3. The molecule has 1 aromatic heterocycles. The zero-order valence-electron chi connectivity index (χ0n) is 9.93. The van der Waals surface area contributed by atoms with Crippen LogP contribution in [-0.4, -0.2) is 23.1 Å². The van der Waals surface area contributed by atoms with Gasteiger partial charge >= 0.3 is 0 Å². The molecule has 2 N–H and O–H groups in total. The van der Waals surface area contributed by atoms with Crippen LogP contribution in [-0.2, 0) is 11.8 Å². The number of rotatable bonds is 2. The van der Waals surface area contributed by atoms with Crippen LogP contribution in [0.5, 0.6) is 0 Å². The SMILES string of the molecule is CC(C)(C)c1cnc(CC2CCNC2)[nH]1. The zero-order chi connectivity index (χ0) is 10.9. The molecule has 0 bridgehead atoms. The third-order valence-electron chi connectivity index (χ3n) is 3.08. The summed E-state index contributed by atoms with van der Waals surface area (Å²) in [6, 6.07) is 0. The van der Waals surface area contributed by atoms with Crippen molar-refractivity contribution >= 4 is 0 Å². The van der Waals surface area contributed by atoms with Gasteiger partial charge in [0.2, 0.25) is 0 Å². The van der Waals surface area contributed by atoms with Gasteiger partial charge < -0.3 is 10.3 Å². The number of aromatic nitrogens is 2. The smallest absolute Gasteiger partial charge is 0.106 e. The molecule has 1 aliphatic rings. The van der Waals surface area contributed by atoms with Crippen molar-refractivity contribution in [3.8, 4) is 0 Å². The molecule has 0 amide bonds. The van der Waals surface area contributed by atoms with E-state index in [-0.39, 0.29) is 5.41 Å². The Kier molecular flexibility index (Phi) is 2.83. The highest BCUT2D eigenvalue weighted by Gasteiger charge is 2.19. The Labute approximate surface area is 91.7 Å². The molecule has 3 heteroatoms. The molecule has 1 saturated heterocycles. The maximum Gasteiger partial charge on any atom is 0.106 e. The largest absolute Gasteiger partial charge is 0.345 e. The van der Waals surface area contributed by atoms with E-state index >= 15 is 0 Å². The summed E-state index contributed by atoms with van der Waals surface area (Å²) >= 11 is 0. The molecular weight excluding hydrogens is 186 g/mol. The molecule has 1 unspecified atom stereocenters. The monoisotopic (exact) mass is 207 g/mol. The van der Waals surface area contributed by atoms with Crippen molar-refractivity contribution in [3.05, 3.63) is 17.7 Å². The first-order valence-electron chi connectivity index (χ1n) is 5.81. The van der Waals surface area contributed by atoms with Crippen molar-refractivity contribution in [2.75, 3.05) is 13.1 Å². The van der Waals surface area contributed by atoms with Crippen molar-refractivity contribution in [3.63, 3.8) is 0 Å². The van der Waals surface area contributed by atoms with Crippen molar-refractivity contribution in [2.24, 2.45) is 5.92 Å². The second-order valence-electron chi connectivity index (χ2n) is 5.56. The fourth-order valence-electron chi connectivity index (χ4n) is 2.01. The number of imidazole rings is 1. The van der Waals surface area contributed by atoms with Crippen LogP contribution in [0.25, 0.3) is 0 Å². The topological polar surface area (TPSA) is 40.7 Å². The van der Waals surface area contributed by atoms with Crippen molar-refractivity contribution in [1.82, 2.24) is 15.3 Å². The summed E-state index contributed by atoms with van der Waals surface area (Å²) < 4.78 is 0. The Bertz CT molecular complexity index is 316. The molecule has 2 rings (SSSR count). The quantitative estimate of drug-likeness (QED) is 0.777. The number of nitrogens with one attached hydrogen (secondary N) is 2. The Morgan fingerprint density at radius 3 is 2.80 bits per heavy atom. The first-order chi connectivity index (χ1) is 7.05. The molecule has 0 aromatic carbocycles.